The second-order valence-corrected chi connectivity index (χ2v) is 11.1. The molecule has 0 unspecified atom stereocenters. The first-order valence-corrected chi connectivity index (χ1v) is 17.5. The van der Waals surface area contributed by atoms with E-state index in [1.54, 1.807) is 0 Å². The average molecular weight is 649 g/mol. The standard InChI is InChI=1S/C34H64O11/c1-2-3-4-5-6-7-8-9-10-11-12-13-14-18-33(37)44-30-28-42-26-24-40-22-20-39-21-23-41-25-27-43-29-31-45-34(38)19-16-15-17-32(35)36/h2-31H2,1H3,(H,35,36). The Kier molecular flexibility index (Phi) is 35.2. The molecule has 0 aliphatic heterocycles. The summed E-state index contributed by atoms with van der Waals surface area (Å²) in [5.74, 6) is -1.35. The Balaban J connectivity index is 3.19. The lowest BCUT2D eigenvalue weighted by molar-refractivity contribution is -0.146. The summed E-state index contributed by atoms with van der Waals surface area (Å²) in [6, 6.07) is 0. The molecule has 0 spiro atoms. The number of ether oxygens (including phenoxy) is 7. The summed E-state index contributed by atoms with van der Waals surface area (Å²) in [4.78, 5) is 33.7. The summed E-state index contributed by atoms with van der Waals surface area (Å²) in [5.41, 5.74) is 0. The zero-order chi connectivity index (χ0) is 32.9. The highest BCUT2D eigenvalue weighted by Crippen LogP contribution is 2.13. The van der Waals surface area contributed by atoms with Crippen molar-refractivity contribution in [2.45, 2.75) is 122 Å². The van der Waals surface area contributed by atoms with E-state index in [1.165, 1.54) is 70.6 Å². The van der Waals surface area contributed by atoms with Crippen LogP contribution < -0.4 is 0 Å². The smallest absolute Gasteiger partial charge is 0.305 e. The molecule has 0 aromatic carbocycles. The Morgan fingerprint density at radius 3 is 0.978 bits per heavy atom. The first-order valence-electron chi connectivity index (χ1n) is 17.5. The lowest BCUT2D eigenvalue weighted by Crippen LogP contribution is -2.15. The molecule has 45 heavy (non-hydrogen) atoms. The molecule has 0 atom stereocenters. The molecule has 11 heteroatoms. The summed E-state index contributed by atoms with van der Waals surface area (Å²) < 4.78 is 37.3. The zero-order valence-electron chi connectivity index (χ0n) is 28.2. The fourth-order valence-electron chi connectivity index (χ4n) is 4.39. The average Bonchev–Trinajstić information content (AvgIpc) is 3.02. The minimum absolute atomic E-state index is 0.0619. The van der Waals surface area contributed by atoms with Gasteiger partial charge in [-0.1, -0.05) is 84.0 Å². The van der Waals surface area contributed by atoms with Crippen molar-refractivity contribution in [1.29, 1.82) is 0 Å². The normalized spacial score (nSPS) is 11.1. The van der Waals surface area contributed by atoms with Gasteiger partial charge in [-0.05, 0) is 19.3 Å². The predicted molar refractivity (Wildman–Crippen MR) is 172 cm³/mol. The summed E-state index contributed by atoms with van der Waals surface area (Å²) in [7, 11) is 0. The fourth-order valence-corrected chi connectivity index (χ4v) is 4.39. The van der Waals surface area contributed by atoms with Gasteiger partial charge in [0.1, 0.15) is 13.2 Å². The number of carbonyl (C=O) groups is 3. The third-order valence-corrected chi connectivity index (χ3v) is 6.98. The number of carboxylic acid groups (broad SMARTS) is 1. The monoisotopic (exact) mass is 648 g/mol. The molecule has 0 aromatic heterocycles. The molecule has 0 radical (unpaired) electrons. The maximum atomic E-state index is 11.8. The lowest BCUT2D eigenvalue weighted by Gasteiger charge is -2.08. The number of carbonyl (C=O) groups excluding carboxylic acids is 2. The van der Waals surface area contributed by atoms with Gasteiger partial charge in [0.25, 0.3) is 0 Å². The topological polar surface area (TPSA) is 136 Å². The molecule has 1 N–H and O–H groups in total. The molecule has 0 amide bonds. The molecular weight excluding hydrogens is 584 g/mol. The van der Waals surface area contributed by atoms with E-state index >= 15 is 0 Å². The summed E-state index contributed by atoms with van der Waals surface area (Å²) in [6.45, 7) is 6.84. The zero-order valence-corrected chi connectivity index (χ0v) is 28.2. The molecule has 0 rings (SSSR count). The Morgan fingerprint density at radius 1 is 0.378 bits per heavy atom. The van der Waals surface area contributed by atoms with Crippen LogP contribution in [0, 0.1) is 0 Å². The van der Waals surface area contributed by atoms with Gasteiger partial charge in [0.15, 0.2) is 0 Å². The molecule has 266 valence electrons. The molecule has 0 saturated carbocycles. The fraction of sp³-hybridized carbons (Fsp3) is 0.912. The molecule has 11 nitrogen and oxygen atoms in total. The quantitative estimate of drug-likeness (QED) is 0.0602. The van der Waals surface area contributed by atoms with Crippen LogP contribution in [0.1, 0.15) is 122 Å². The van der Waals surface area contributed by atoms with Crippen LogP contribution in [0.15, 0.2) is 0 Å². The van der Waals surface area contributed by atoms with Crippen LogP contribution in [0.2, 0.25) is 0 Å². The number of carboxylic acids is 1. The minimum atomic E-state index is -0.861. The Labute approximate surface area is 272 Å². The number of aliphatic carboxylic acids is 1. The number of esters is 2. The Bertz CT molecular complexity index is 660. The Hall–Kier alpha value is -1.79. The first kappa shape index (κ1) is 43.2. The van der Waals surface area contributed by atoms with Crippen LogP contribution in [-0.2, 0) is 47.5 Å². The molecule has 0 fully saturated rings. The second kappa shape index (κ2) is 36.7. The number of hydrogen-bond acceptors (Lipinski definition) is 10. The molecule has 0 aliphatic rings. The van der Waals surface area contributed by atoms with Crippen molar-refractivity contribution in [3.05, 3.63) is 0 Å². The maximum absolute atomic E-state index is 11.8. The summed E-state index contributed by atoms with van der Waals surface area (Å²) >= 11 is 0. The van der Waals surface area contributed by atoms with Crippen LogP contribution >= 0.6 is 0 Å². The largest absolute Gasteiger partial charge is 0.481 e. The van der Waals surface area contributed by atoms with Crippen LogP contribution in [0.4, 0.5) is 0 Å². The van der Waals surface area contributed by atoms with Gasteiger partial charge in [0.2, 0.25) is 0 Å². The van der Waals surface area contributed by atoms with E-state index in [4.69, 9.17) is 38.3 Å². The van der Waals surface area contributed by atoms with Crippen molar-refractivity contribution in [3.8, 4) is 0 Å². The van der Waals surface area contributed by atoms with Crippen molar-refractivity contribution in [3.63, 3.8) is 0 Å². The lowest BCUT2D eigenvalue weighted by atomic mass is 10.0. The van der Waals surface area contributed by atoms with Crippen LogP contribution in [0.25, 0.3) is 0 Å². The van der Waals surface area contributed by atoms with Crippen molar-refractivity contribution in [2.75, 3.05) is 79.3 Å². The van der Waals surface area contributed by atoms with Gasteiger partial charge in [0, 0.05) is 19.3 Å². The van der Waals surface area contributed by atoms with Crippen molar-refractivity contribution in [1.82, 2.24) is 0 Å². The summed E-state index contributed by atoms with van der Waals surface area (Å²) in [5, 5.41) is 8.55. The number of hydrogen-bond donors (Lipinski definition) is 1. The van der Waals surface area contributed by atoms with E-state index < -0.39 is 5.97 Å². The van der Waals surface area contributed by atoms with E-state index in [1.807, 2.05) is 0 Å². The predicted octanol–water partition coefficient (Wildman–Crippen LogP) is 6.28. The highest BCUT2D eigenvalue weighted by molar-refractivity contribution is 5.70. The van der Waals surface area contributed by atoms with Gasteiger partial charge in [-0.3, -0.25) is 14.4 Å². The highest BCUT2D eigenvalue weighted by atomic mass is 16.6. The molecule has 0 aliphatic carbocycles. The molecule has 0 aromatic rings. The van der Waals surface area contributed by atoms with Gasteiger partial charge in [-0.25, -0.2) is 0 Å². The van der Waals surface area contributed by atoms with Gasteiger partial charge >= 0.3 is 17.9 Å². The van der Waals surface area contributed by atoms with E-state index in [9.17, 15) is 14.4 Å². The van der Waals surface area contributed by atoms with E-state index in [0.717, 1.165) is 12.8 Å². The van der Waals surface area contributed by atoms with E-state index in [0.29, 0.717) is 78.7 Å². The molecule has 0 saturated heterocycles. The number of rotatable bonds is 37. The van der Waals surface area contributed by atoms with Crippen LogP contribution in [-0.4, -0.2) is 102 Å². The van der Waals surface area contributed by atoms with Crippen LogP contribution in [0.5, 0.6) is 0 Å². The van der Waals surface area contributed by atoms with Crippen molar-refractivity contribution < 1.29 is 52.6 Å². The summed E-state index contributed by atoms with van der Waals surface area (Å²) in [6.07, 6.45) is 18.5. The molecular formula is C34H64O11. The van der Waals surface area contributed by atoms with Gasteiger partial charge in [-0.2, -0.15) is 0 Å². The molecule has 0 heterocycles. The van der Waals surface area contributed by atoms with E-state index in [2.05, 4.69) is 6.92 Å². The second-order valence-electron chi connectivity index (χ2n) is 11.1. The van der Waals surface area contributed by atoms with Crippen LogP contribution in [0.3, 0.4) is 0 Å². The van der Waals surface area contributed by atoms with Gasteiger partial charge in [-0.15, -0.1) is 0 Å². The van der Waals surface area contributed by atoms with Gasteiger partial charge < -0.3 is 38.3 Å². The molecule has 0 bridgehead atoms. The number of unbranched alkanes of at least 4 members (excludes halogenated alkanes) is 13. The van der Waals surface area contributed by atoms with Crippen molar-refractivity contribution >= 4 is 17.9 Å². The van der Waals surface area contributed by atoms with Gasteiger partial charge in [0.05, 0.1) is 66.1 Å². The van der Waals surface area contributed by atoms with Crippen molar-refractivity contribution in [2.24, 2.45) is 0 Å². The third kappa shape index (κ3) is 38.3. The Morgan fingerprint density at radius 2 is 0.644 bits per heavy atom. The highest BCUT2D eigenvalue weighted by Gasteiger charge is 2.05. The maximum Gasteiger partial charge on any atom is 0.305 e. The SMILES string of the molecule is CCCCCCCCCCCCCCCC(=O)OCCOCCOCCOCCOCCOCCOC(=O)CCCCC(=O)O. The minimum Gasteiger partial charge on any atom is -0.481 e. The third-order valence-electron chi connectivity index (χ3n) is 6.98. The van der Waals surface area contributed by atoms with E-state index in [-0.39, 0.29) is 44.6 Å². The first-order chi connectivity index (χ1) is 22.1.